The van der Waals surface area contributed by atoms with Crippen molar-refractivity contribution in [3.8, 4) is 0 Å². The summed E-state index contributed by atoms with van der Waals surface area (Å²) >= 11 is 0. The zero-order valence-corrected chi connectivity index (χ0v) is 11.6. The van der Waals surface area contributed by atoms with Gasteiger partial charge in [-0.05, 0) is 45.6 Å². The van der Waals surface area contributed by atoms with Gasteiger partial charge in [0.1, 0.15) is 0 Å². The lowest BCUT2D eigenvalue weighted by atomic mass is 9.90. The fraction of sp³-hybridized carbons (Fsp3) is 0.929. The topological polar surface area (TPSA) is 50.4 Å². The summed E-state index contributed by atoms with van der Waals surface area (Å²) in [5.41, 5.74) is 0. The third kappa shape index (κ3) is 3.45. The molecule has 0 aromatic carbocycles. The van der Waals surface area contributed by atoms with Gasteiger partial charge in [0.05, 0.1) is 12.0 Å². The van der Waals surface area contributed by atoms with Crippen molar-refractivity contribution in [2.45, 2.75) is 64.1 Å². The molecule has 2 atom stereocenters. The normalized spacial score (nSPS) is 36.6. The van der Waals surface area contributed by atoms with Gasteiger partial charge in [-0.3, -0.25) is 4.79 Å². The van der Waals surface area contributed by atoms with Gasteiger partial charge in [-0.2, -0.15) is 0 Å². The van der Waals surface area contributed by atoms with Crippen LogP contribution in [0.3, 0.4) is 0 Å². The van der Waals surface area contributed by atoms with Gasteiger partial charge >= 0.3 is 0 Å². The van der Waals surface area contributed by atoms with Crippen LogP contribution in [0, 0.1) is 5.92 Å². The van der Waals surface area contributed by atoms with Gasteiger partial charge in [0.2, 0.25) is 5.91 Å². The number of hydrogen-bond acceptors (Lipinski definition) is 3. The molecule has 1 aliphatic heterocycles. The highest BCUT2D eigenvalue weighted by atomic mass is 16.5. The van der Waals surface area contributed by atoms with Crippen LogP contribution in [0.25, 0.3) is 0 Å². The first kappa shape index (κ1) is 13.8. The highest BCUT2D eigenvalue weighted by Gasteiger charge is 2.32. The zero-order valence-electron chi connectivity index (χ0n) is 11.6. The maximum Gasteiger partial charge on any atom is 0.226 e. The summed E-state index contributed by atoms with van der Waals surface area (Å²) in [5, 5.41) is 6.69. The summed E-state index contributed by atoms with van der Waals surface area (Å²) in [6.45, 7) is 5.92. The number of rotatable bonds is 4. The van der Waals surface area contributed by atoms with E-state index in [4.69, 9.17) is 4.74 Å². The number of ether oxygens (including phenoxy) is 1. The fourth-order valence-corrected chi connectivity index (χ4v) is 3.11. The summed E-state index contributed by atoms with van der Waals surface area (Å²) < 4.78 is 5.45. The fourth-order valence-electron chi connectivity index (χ4n) is 3.11. The van der Waals surface area contributed by atoms with Crippen LogP contribution >= 0.6 is 0 Å². The zero-order chi connectivity index (χ0) is 13.0. The minimum absolute atomic E-state index is 0.0662. The second-order valence-corrected chi connectivity index (χ2v) is 5.59. The van der Waals surface area contributed by atoms with E-state index in [-0.39, 0.29) is 17.9 Å². The third-order valence-corrected chi connectivity index (χ3v) is 4.28. The van der Waals surface area contributed by atoms with Crippen molar-refractivity contribution in [3.63, 3.8) is 0 Å². The van der Waals surface area contributed by atoms with Crippen LogP contribution in [0.5, 0.6) is 0 Å². The summed E-state index contributed by atoms with van der Waals surface area (Å²) in [6.07, 6.45) is 5.52. The number of carbonyl (C=O) groups excluding carboxylic acids is 1. The quantitative estimate of drug-likeness (QED) is 0.798. The molecule has 1 amide bonds. The van der Waals surface area contributed by atoms with Gasteiger partial charge in [0.25, 0.3) is 0 Å². The van der Waals surface area contributed by atoms with Gasteiger partial charge in [-0.25, -0.2) is 0 Å². The summed E-state index contributed by atoms with van der Waals surface area (Å²) in [5.74, 6) is 0.267. The first-order chi connectivity index (χ1) is 8.70. The molecule has 0 bridgehead atoms. The van der Waals surface area contributed by atoms with Gasteiger partial charge < -0.3 is 15.4 Å². The monoisotopic (exact) mass is 254 g/mol. The second-order valence-electron chi connectivity index (χ2n) is 5.59. The molecule has 0 spiro atoms. The van der Waals surface area contributed by atoms with E-state index >= 15 is 0 Å². The van der Waals surface area contributed by atoms with Crippen LogP contribution in [0.2, 0.25) is 0 Å². The predicted molar refractivity (Wildman–Crippen MR) is 71.4 cm³/mol. The van der Waals surface area contributed by atoms with E-state index in [9.17, 15) is 4.79 Å². The van der Waals surface area contributed by atoms with Crippen molar-refractivity contribution < 1.29 is 9.53 Å². The third-order valence-electron chi connectivity index (χ3n) is 4.28. The van der Waals surface area contributed by atoms with Crippen LogP contribution in [0.4, 0.5) is 0 Å². The predicted octanol–water partition coefficient (Wildman–Crippen LogP) is 1.45. The van der Waals surface area contributed by atoms with Crippen LogP contribution in [-0.2, 0) is 9.53 Å². The van der Waals surface area contributed by atoms with Gasteiger partial charge in [0, 0.05) is 18.7 Å². The minimum atomic E-state index is 0.0662. The molecule has 2 N–H and O–H groups in total. The van der Waals surface area contributed by atoms with Gasteiger partial charge in [-0.15, -0.1) is 0 Å². The molecule has 2 aliphatic rings. The molecule has 0 aromatic heterocycles. The molecule has 1 saturated heterocycles. The number of hydrogen-bond donors (Lipinski definition) is 2. The molecule has 0 aromatic rings. The van der Waals surface area contributed by atoms with E-state index in [0.29, 0.717) is 12.1 Å². The molecule has 0 radical (unpaired) electrons. The van der Waals surface area contributed by atoms with Crippen molar-refractivity contribution >= 4 is 5.91 Å². The first-order valence-corrected chi connectivity index (χ1v) is 7.36. The van der Waals surface area contributed by atoms with Crippen molar-refractivity contribution in [1.29, 1.82) is 0 Å². The molecule has 18 heavy (non-hydrogen) atoms. The summed E-state index contributed by atoms with van der Waals surface area (Å²) in [4.78, 5) is 12.1. The first-order valence-electron chi connectivity index (χ1n) is 7.36. The highest BCUT2D eigenvalue weighted by molar-refractivity contribution is 5.79. The minimum Gasteiger partial charge on any atom is -0.378 e. The Balaban J connectivity index is 1.72. The van der Waals surface area contributed by atoms with E-state index in [1.54, 1.807) is 0 Å². The molecular formula is C14H26N2O2. The average Bonchev–Trinajstić information content (AvgIpc) is 2.78. The number of amides is 1. The Morgan fingerprint density at radius 1 is 1.17 bits per heavy atom. The molecule has 1 heterocycles. The van der Waals surface area contributed by atoms with E-state index in [1.165, 1.54) is 12.8 Å². The van der Waals surface area contributed by atoms with Gasteiger partial charge in [-0.1, -0.05) is 6.92 Å². The Hall–Kier alpha value is -0.610. The lowest BCUT2D eigenvalue weighted by Crippen LogP contribution is -2.45. The Morgan fingerprint density at radius 3 is 2.39 bits per heavy atom. The van der Waals surface area contributed by atoms with E-state index in [0.717, 1.165) is 32.4 Å². The molecule has 2 unspecified atom stereocenters. The maximum atomic E-state index is 12.1. The largest absolute Gasteiger partial charge is 0.378 e. The average molecular weight is 254 g/mol. The van der Waals surface area contributed by atoms with Crippen LogP contribution < -0.4 is 10.6 Å². The van der Waals surface area contributed by atoms with Crippen molar-refractivity contribution in [2.24, 2.45) is 5.92 Å². The Morgan fingerprint density at radius 2 is 1.83 bits per heavy atom. The highest BCUT2D eigenvalue weighted by Crippen LogP contribution is 2.23. The molecule has 104 valence electrons. The lowest BCUT2D eigenvalue weighted by Gasteiger charge is -2.30. The van der Waals surface area contributed by atoms with Crippen molar-refractivity contribution in [1.82, 2.24) is 10.6 Å². The van der Waals surface area contributed by atoms with E-state index in [2.05, 4.69) is 17.6 Å². The molecule has 4 heteroatoms. The Bertz CT molecular complexity index is 275. The van der Waals surface area contributed by atoms with Gasteiger partial charge in [0.15, 0.2) is 0 Å². The van der Waals surface area contributed by atoms with E-state index in [1.807, 2.05) is 6.92 Å². The Labute approximate surface area is 110 Å². The molecule has 2 rings (SSSR count). The molecule has 2 fully saturated rings. The SMILES string of the molecule is CCNC1CCC(NC(=O)C2CCOC2C)CC1. The van der Waals surface area contributed by atoms with Crippen LogP contribution in [0.1, 0.15) is 46.0 Å². The second kappa shape index (κ2) is 6.53. The van der Waals surface area contributed by atoms with E-state index < -0.39 is 0 Å². The molecule has 1 aliphatic carbocycles. The van der Waals surface area contributed by atoms with Crippen molar-refractivity contribution in [2.75, 3.05) is 13.2 Å². The summed E-state index contributed by atoms with van der Waals surface area (Å²) in [7, 11) is 0. The summed E-state index contributed by atoms with van der Waals surface area (Å²) in [6, 6.07) is 1.03. The van der Waals surface area contributed by atoms with Crippen LogP contribution in [-0.4, -0.2) is 37.2 Å². The van der Waals surface area contributed by atoms with Crippen molar-refractivity contribution in [3.05, 3.63) is 0 Å². The lowest BCUT2D eigenvalue weighted by molar-refractivity contribution is -0.127. The smallest absolute Gasteiger partial charge is 0.226 e. The number of carbonyl (C=O) groups is 1. The molecule has 4 nitrogen and oxygen atoms in total. The maximum absolute atomic E-state index is 12.1. The molecular weight excluding hydrogens is 228 g/mol. The standard InChI is InChI=1S/C14H26N2O2/c1-3-15-11-4-6-12(7-5-11)16-14(17)13-8-9-18-10(13)2/h10-13,15H,3-9H2,1-2H3,(H,16,17). The Kier molecular flexibility index (Phi) is 5.01. The van der Waals surface area contributed by atoms with Crippen LogP contribution in [0.15, 0.2) is 0 Å². The number of nitrogens with one attached hydrogen (secondary N) is 2. The molecule has 1 saturated carbocycles.